The fraction of sp³-hybridized carbons (Fsp3) is 0.259. The van der Waals surface area contributed by atoms with Crippen molar-refractivity contribution >= 4 is 43.5 Å². The number of halogens is 1. The number of anilines is 1. The number of nitrogens with one attached hydrogen (secondary N) is 1. The molecule has 1 atom stereocenters. The zero-order valence-electron chi connectivity index (χ0n) is 21.1. The number of carbonyl (C=O) groups excluding carboxylic acids is 2. The van der Waals surface area contributed by atoms with Crippen LogP contribution in [0, 0.1) is 6.92 Å². The highest BCUT2D eigenvalue weighted by atomic mass is 79.9. The monoisotopic (exact) mass is 587 g/mol. The first-order valence-corrected chi connectivity index (χ1v) is 13.8. The van der Waals surface area contributed by atoms with Crippen molar-refractivity contribution in [2.75, 3.05) is 25.0 Å². The second-order valence-electron chi connectivity index (χ2n) is 8.46. The summed E-state index contributed by atoms with van der Waals surface area (Å²) in [5.41, 5.74) is 2.00. The molecule has 3 aromatic rings. The van der Waals surface area contributed by atoms with E-state index in [1.165, 1.54) is 24.1 Å². The minimum absolute atomic E-state index is 0.0620. The number of ether oxygens (including phenoxy) is 1. The standard InChI is InChI=1S/C27H30BrN3O5S/c1-19-8-14-25(15-9-19)37(34,35)31(23-7-5-6-22(28)16-23)18-26(32)30(20(2)27(33)29-3)17-21-10-12-24(36-4)13-11-21/h5-16,20H,17-18H2,1-4H3,(H,29,33)/t20-/m1/s1. The number of likely N-dealkylation sites (N-methyl/N-ethyl adjacent to an activating group) is 1. The van der Waals surface area contributed by atoms with Gasteiger partial charge in [-0.3, -0.25) is 13.9 Å². The van der Waals surface area contributed by atoms with Gasteiger partial charge in [0.15, 0.2) is 0 Å². The summed E-state index contributed by atoms with van der Waals surface area (Å²) in [6.45, 7) is 3.08. The van der Waals surface area contributed by atoms with Gasteiger partial charge in [-0.25, -0.2) is 8.42 Å². The molecule has 0 bridgehead atoms. The van der Waals surface area contributed by atoms with Gasteiger partial charge in [0.1, 0.15) is 18.3 Å². The Morgan fingerprint density at radius 3 is 2.24 bits per heavy atom. The van der Waals surface area contributed by atoms with Gasteiger partial charge in [0.25, 0.3) is 10.0 Å². The van der Waals surface area contributed by atoms with E-state index in [0.717, 1.165) is 15.4 Å². The lowest BCUT2D eigenvalue weighted by atomic mass is 10.1. The summed E-state index contributed by atoms with van der Waals surface area (Å²) in [4.78, 5) is 27.7. The van der Waals surface area contributed by atoms with Crippen LogP contribution in [0.1, 0.15) is 18.1 Å². The maximum absolute atomic E-state index is 13.7. The van der Waals surface area contributed by atoms with E-state index in [4.69, 9.17) is 4.74 Å². The lowest BCUT2D eigenvalue weighted by molar-refractivity contribution is -0.139. The molecular formula is C27H30BrN3O5S. The SMILES string of the molecule is CNC(=O)[C@@H](C)N(Cc1ccc(OC)cc1)C(=O)CN(c1cccc(Br)c1)S(=O)(=O)c1ccc(C)cc1. The molecule has 0 saturated heterocycles. The second kappa shape index (κ2) is 12.2. The Kier molecular flexibility index (Phi) is 9.34. The van der Waals surface area contributed by atoms with E-state index < -0.39 is 28.5 Å². The summed E-state index contributed by atoms with van der Waals surface area (Å²) >= 11 is 3.39. The quantitative estimate of drug-likeness (QED) is 0.385. The van der Waals surface area contributed by atoms with E-state index in [9.17, 15) is 18.0 Å². The molecule has 0 radical (unpaired) electrons. The fourth-order valence-electron chi connectivity index (χ4n) is 3.72. The summed E-state index contributed by atoms with van der Waals surface area (Å²) < 4.78 is 34.4. The zero-order valence-corrected chi connectivity index (χ0v) is 23.5. The number of methoxy groups -OCH3 is 1. The van der Waals surface area contributed by atoms with Crippen LogP contribution >= 0.6 is 15.9 Å². The van der Waals surface area contributed by atoms with Crippen molar-refractivity contribution in [3.63, 3.8) is 0 Å². The third kappa shape index (κ3) is 6.90. The third-order valence-corrected chi connectivity index (χ3v) is 8.19. The molecule has 0 unspecified atom stereocenters. The summed E-state index contributed by atoms with van der Waals surface area (Å²) in [5.74, 6) is -0.231. The van der Waals surface area contributed by atoms with Crippen molar-refractivity contribution in [1.29, 1.82) is 0 Å². The Hall–Kier alpha value is -3.37. The Morgan fingerprint density at radius 1 is 1.03 bits per heavy atom. The first-order valence-electron chi connectivity index (χ1n) is 11.6. The molecule has 0 fully saturated rings. The number of hydrogen-bond donors (Lipinski definition) is 1. The molecule has 1 N–H and O–H groups in total. The van der Waals surface area contributed by atoms with Crippen LogP contribution in [0.5, 0.6) is 5.75 Å². The smallest absolute Gasteiger partial charge is 0.264 e. The number of rotatable bonds is 10. The molecule has 3 aromatic carbocycles. The van der Waals surface area contributed by atoms with Crippen molar-refractivity contribution in [3.8, 4) is 5.75 Å². The Balaban J connectivity index is 2.01. The maximum Gasteiger partial charge on any atom is 0.264 e. The zero-order chi connectivity index (χ0) is 27.2. The normalized spacial score (nSPS) is 11.9. The van der Waals surface area contributed by atoms with E-state index in [1.54, 1.807) is 74.7 Å². The van der Waals surface area contributed by atoms with Gasteiger partial charge < -0.3 is 15.0 Å². The van der Waals surface area contributed by atoms with Gasteiger partial charge in [0.05, 0.1) is 17.7 Å². The summed E-state index contributed by atoms with van der Waals surface area (Å²) in [7, 11) is -1.05. The van der Waals surface area contributed by atoms with E-state index in [2.05, 4.69) is 21.2 Å². The largest absolute Gasteiger partial charge is 0.497 e. The number of aryl methyl sites for hydroxylation is 1. The number of amides is 2. The van der Waals surface area contributed by atoms with E-state index in [-0.39, 0.29) is 17.3 Å². The van der Waals surface area contributed by atoms with Crippen LogP contribution in [-0.4, -0.2) is 51.9 Å². The molecule has 0 aliphatic rings. The van der Waals surface area contributed by atoms with Crippen molar-refractivity contribution in [3.05, 3.63) is 88.4 Å². The average Bonchev–Trinajstić information content (AvgIpc) is 2.89. The highest BCUT2D eigenvalue weighted by molar-refractivity contribution is 9.10. The van der Waals surface area contributed by atoms with Crippen LogP contribution in [0.15, 0.2) is 82.2 Å². The number of benzene rings is 3. The van der Waals surface area contributed by atoms with Gasteiger partial charge in [-0.05, 0) is 61.9 Å². The maximum atomic E-state index is 13.7. The van der Waals surface area contributed by atoms with Gasteiger partial charge in [0.2, 0.25) is 11.8 Å². The minimum Gasteiger partial charge on any atom is -0.497 e. The first kappa shape index (κ1) is 28.2. The summed E-state index contributed by atoms with van der Waals surface area (Å²) in [5, 5.41) is 2.57. The number of sulfonamides is 1. The lowest BCUT2D eigenvalue weighted by Gasteiger charge is -2.31. The molecular weight excluding hydrogens is 558 g/mol. The number of nitrogens with zero attached hydrogens (tertiary/aromatic N) is 2. The van der Waals surface area contributed by atoms with Crippen LogP contribution in [0.25, 0.3) is 0 Å². The second-order valence-corrected chi connectivity index (χ2v) is 11.2. The number of hydrogen-bond acceptors (Lipinski definition) is 5. The molecule has 0 heterocycles. The molecule has 37 heavy (non-hydrogen) atoms. The van der Waals surface area contributed by atoms with Crippen LogP contribution in [0.4, 0.5) is 5.69 Å². The molecule has 8 nitrogen and oxygen atoms in total. The Labute approximate surface area is 226 Å². The minimum atomic E-state index is -4.10. The summed E-state index contributed by atoms with van der Waals surface area (Å²) in [6.07, 6.45) is 0. The molecule has 0 aliphatic carbocycles. The predicted octanol–water partition coefficient (Wildman–Crippen LogP) is 4.12. The highest BCUT2D eigenvalue weighted by Crippen LogP contribution is 2.27. The Bertz CT molecular complexity index is 1350. The molecule has 2 amide bonds. The van der Waals surface area contributed by atoms with Crippen molar-refractivity contribution in [2.45, 2.75) is 31.3 Å². The molecule has 196 valence electrons. The molecule has 3 rings (SSSR count). The molecule has 0 spiro atoms. The highest BCUT2D eigenvalue weighted by Gasteiger charge is 2.32. The topological polar surface area (TPSA) is 96.0 Å². The van der Waals surface area contributed by atoms with Crippen molar-refractivity contribution in [1.82, 2.24) is 10.2 Å². The van der Waals surface area contributed by atoms with Crippen LogP contribution in [0.2, 0.25) is 0 Å². The van der Waals surface area contributed by atoms with Crippen LogP contribution < -0.4 is 14.4 Å². The molecule has 0 saturated carbocycles. The van der Waals surface area contributed by atoms with Crippen LogP contribution in [0.3, 0.4) is 0 Å². The average molecular weight is 589 g/mol. The van der Waals surface area contributed by atoms with Gasteiger partial charge >= 0.3 is 0 Å². The third-order valence-electron chi connectivity index (χ3n) is 5.91. The van der Waals surface area contributed by atoms with Crippen molar-refractivity contribution < 1.29 is 22.7 Å². The lowest BCUT2D eigenvalue weighted by Crippen LogP contribution is -2.50. The predicted molar refractivity (Wildman–Crippen MR) is 147 cm³/mol. The van der Waals surface area contributed by atoms with E-state index in [1.807, 2.05) is 6.92 Å². The fourth-order valence-corrected chi connectivity index (χ4v) is 5.51. The number of carbonyl (C=O) groups is 2. The van der Waals surface area contributed by atoms with E-state index in [0.29, 0.717) is 15.9 Å². The van der Waals surface area contributed by atoms with Gasteiger partial charge in [-0.1, -0.05) is 51.8 Å². The van der Waals surface area contributed by atoms with E-state index >= 15 is 0 Å². The Morgan fingerprint density at radius 2 is 1.68 bits per heavy atom. The van der Waals surface area contributed by atoms with Gasteiger partial charge in [-0.15, -0.1) is 0 Å². The molecule has 10 heteroatoms. The van der Waals surface area contributed by atoms with Gasteiger partial charge in [0, 0.05) is 18.1 Å². The first-order chi connectivity index (χ1) is 17.6. The molecule has 0 aromatic heterocycles. The van der Waals surface area contributed by atoms with Crippen LogP contribution in [-0.2, 0) is 26.2 Å². The van der Waals surface area contributed by atoms with Gasteiger partial charge in [-0.2, -0.15) is 0 Å². The summed E-state index contributed by atoms with van der Waals surface area (Å²) in [6, 6.07) is 19.4. The molecule has 0 aliphatic heterocycles. The van der Waals surface area contributed by atoms with Crippen molar-refractivity contribution in [2.24, 2.45) is 0 Å².